The van der Waals surface area contributed by atoms with E-state index in [1.54, 1.807) is 0 Å². The van der Waals surface area contributed by atoms with Gasteiger partial charge in [-0.3, -0.25) is 4.79 Å². The van der Waals surface area contributed by atoms with E-state index in [2.05, 4.69) is 31.6 Å². The van der Waals surface area contributed by atoms with Gasteiger partial charge in [-0.15, -0.1) is 5.10 Å². The molecular weight excluding hydrogens is 370 g/mol. The Balaban J connectivity index is 1.76. The summed E-state index contributed by atoms with van der Waals surface area (Å²) in [6, 6.07) is 15.3. The van der Waals surface area contributed by atoms with Crippen LogP contribution >= 0.6 is 15.9 Å². The first kappa shape index (κ1) is 16.2. The minimum atomic E-state index is -0.378. The van der Waals surface area contributed by atoms with Crippen LogP contribution in [0.4, 0.5) is 11.5 Å². The number of hydrogen-bond acceptors (Lipinski definition) is 4. The number of carbonyl (C=O) groups is 1. The molecule has 122 valence electrons. The van der Waals surface area contributed by atoms with Crippen molar-refractivity contribution in [3.05, 3.63) is 69.8 Å². The largest absolute Gasteiger partial charge is 0.382 e. The summed E-state index contributed by atoms with van der Waals surface area (Å²) in [5, 5.41) is 10.7. The Morgan fingerprint density at radius 1 is 1.25 bits per heavy atom. The Morgan fingerprint density at radius 2 is 2.00 bits per heavy atom. The van der Waals surface area contributed by atoms with Gasteiger partial charge in [-0.1, -0.05) is 51.0 Å². The minimum absolute atomic E-state index is 0.116. The summed E-state index contributed by atoms with van der Waals surface area (Å²) in [5.41, 5.74) is 8.96. The van der Waals surface area contributed by atoms with Crippen LogP contribution in [0.15, 0.2) is 53.0 Å². The first-order valence-corrected chi connectivity index (χ1v) is 8.13. The van der Waals surface area contributed by atoms with Crippen molar-refractivity contribution in [3.63, 3.8) is 0 Å². The first-order valence-electron chi connectivity index (χ1n) is 7.34. The molecule has 1 heterocycles. The number of aryl methyl sites for hydroxylation is 1. The van der Waals surface area contributed by atoms with Crippen LogP contribution in [0.2, 0.25) is 0 Å². The molecule has 0 saturated carbocycles. The Kier molecular flexibility index (Phi) is 4.61. The van der Waals surface area contributed by atoms with Gasteiger partial charge < -0.3 is 11.1 Å². The predicted octanol–water partition coefficient (Wildman–Crippen LogP) is 3.23. The van der Waals surface area contributed by atoms with Crippen molar-refractivity contribution in [2.24, 2.45) is 0 Å². The zero-order valence-electron chi connectivity index (χ0n) is 13.0. The van der Waals surface area contributed by atoms with Crippen LogP contribution in [-0.4, -0.2) is 20.9 Å². The number of carbonyl (C=O) groups excluding carboxylic acids is 1. The van der Waals surface area contributed by atoms with Crippen molar-refractivity contribution in [1.29, 1.82) is 0 Å². The highest BCUT2D eigenvalue weighted by Crippen LogP contribution is 2.16. The maximum absolute atomic E-state index is 12.3. The molecule has 2 aromatic carbocycles. The molecule has 24 heavy (non-hydrogen) atoms. The van der Waals surface area contributed by atoms with Gasteiger partial charge in [0.25, 0.3) is 5.91 Å². The van der Waals surface area contributed by atoms with E-state index in [1.165, 1.54) is 4.68 Å². The number of halogens is 1. The van der Waals surface area contributed by atoms with Crippen molar-refractivity contribution in [2.75, 3.05) is 11.1 Å². The van der Waals surface area contributed by atoms with Gasteiger partial charge in [0.2, 0.25) is 0 Å². The van der Waals surface area contributed by atoms with Crippen LogP contribution in [0.25, 0.3) is 0 Å². The lowest BCUT2D eigenvalue weighted by Crippen LogP contribution is -2.15. The van der Waals surface area contributed by atoms with Crippen LogP contribution in [0.3, 0.4) is 0 Å². The summed E-state index contributed by atoms with van der Waals surface area (Å²) in [5.74, 6) is -0.142. The van der Waals surface area contributed by atoms with Crippen LogP contribution in [-0.2, 0) is 6.54 Å². The molecule has 7 heteroatoms. The lowest BCUT2D eigenvalue weighted by Gasteiger charge is -2.06. The Labute approximate surface area is 147 Å². The van der Waals surface area contributed by atoms with Crippen LogP contribution in [0.1, 0.15) is 21.6 Å². The molecule has 1 amide bonds. The van der Waals surface area contributed by atoms with E-state index in [4.69, 9.17) is 5.73 Å². The second kappa shape index (κ2) is 6.84. The molecular formula is C17H16BrN5O. The number of nitrogens with zero attached hydrogens (tertiary/aromatic N) is 3. The maximum Gasteiger partial charge on any atom is 0.280 e. The molecule has 0 saturated heterocycles. The zero-order valence-corrected chi connectivity index (χ0v) is 14.6. The van der Waals surface area contributed by atoms with Crippen LogP contribution in [0.5, 0.6) is 0 Å². The third-order valence-electron chi connectivity index (χ3n) is 3.52. The molecule has 0 fully saturated rings. The van der Waals surface area contributed by atoms with Crippen LogP contribution in [0, 0.1) is 6.92 Å². The standard InChI is InChI=1S/C17H16BrN5O/c1-11-5-7-14(8-6-11)20-17(24)15-16(19)23(22-21-15)10-12-3-2-4-13(18)9-12/h2-9H,10,19H2,1H3,(H,20,24). The second-order valence-corrected chi connectivity index (χ2v) is 6.35. The smallest absolute Gasteiger partial charge is 0.280 e. The van der Waals surface area contributed by atoms with Gasteiger partial charge in [-0.05, 0) is 36.8 Å². The quantitative estimate of drug-likeness (QED) is 0.721. The Hall–Kier alpha value is -2.67. The van der Waals surface area contributed by atoms with E-state index in [1.807, 2.05) is 55.5 Å². The molecule has 0 radical (unpaired) electrons. The number of rotatable bonds is 4. The summed E-state index contributed by atoms with van der Waals surface area (Å²) in [4.78, 5) is 12.3. The maximum atomic E-state index is 12.3. The van der Waals surface area contributed by atoms with E-state index in [-0.39, 0.29) is 17.4 Å². The number of anilines is 2. The summed E-state index contributed by atoms with van der Waals surface area (Å²) >= 11 is 3.42. The number of amides is 1. The highest BCUT2D eigenvalue weighted by molar-refractivity contribution is 9.10. The molecule has 6 nitrogen and oxygen atoms in total. The SMILES string of the molecule is Cc1ccc(NC(=O)c2nnn(Cc3cccc(Br)c3)c2N)cc1. The molecule has 0 bridgehead atoms. The highest BCUT2D eigenvalue weighted by Gasteiger charge is 2.17. The second-order valence-electron chi connectivity index (χ2n) is 5.43. The van der Waals surface area contributed by atoms with Gasteiger partial charge >= 0.3 is 0 Å². The highest BCUT2D eigenvalue weighted by atomic mass is 79.9. The summed E-state index contributed by atoms with van der Waals surface area (Å²) in [6.45, 7) is 2.42. The first-order chi connectivity index (χ1) is 11.5. The number of hydrogen-bond donors (Lipinski definition) is 2. The molecule has 0 unspecified atom stereocenters. The third-order valence-corrected chi connectivity index (χ3v) is 4.01. The third kappa shape index (κ3) is 3.62. The van der Waals surface area contributed by atoms with E-state index in [9.17, 15) is 4.79 Å². The van der Waals surface area contributed by atoms with Crippen LogP contribution < -0.4 is 11.1 Å². The molecule has 0 aliphatic heterocycles. The van der Waals surface area contributed by atoms with E-state index in [0.717, 1.165) is 15.6 Å². The normalized spacial score (nSPS) is 10.6. The molecule has 0 aliphatic rings. The number of benzene rings is 2. The van der Waals surface area contributed by atoms with E-state index >= 15 is 0 Å². The Bertz CT molecular complexity index is 873. The van der Waals surface area contributed by atoms with Gasteiger partial charge in [0, 0.05) is 10.2 Å². The summed E-state index contributed by atoms with van der Waals surface area (Å²) in [7, 11) is 0. The van der Waals surface area contributed by atoms with Gasteiger partial charge in [0.15, 0.2) is 11.5 Å². The van der Waals surface area contributed by atoms with E-state index in [0.29, 0.717) is 12.2 Å². The van der Waals surface area contributed by atoms with Gasteiger partial charge in [0.1, 0.15) is 0 Å². The number of nitrogens with one attached hydrogen (secondary N) is 1. The molecule has 1 aromatic heterocycles. The molecule has 0 aliphatic carbocycles. The minimum Gasteiger partial charge on any atom is -0.382 e. The van der Waals surface area contributed by atoms with Crippen molar-refractivity contribution in [1.82, 2.24) is 15.0 Å². The Morgan fingerprint density at radius 3 is 2.71 bits per heavy atom. The molecule has 0 spiro atoms. The lowest BCUT2D eigenvalue weighted by atomic mass is 10.2. The molecule has 3 rings (SSSR count). The average Bonchev–Trinajstić information content (AvgIpc) is 2.91. The van der Waals surface area contributed by atoms with Gasteiger partial charge in [-0.2, -0.15) is 0 Å². The summed E-state index contributed by atoms with van der Waals surface area (Å²) in [6.07, 6.45) is 0. The monoisotopic (exact) mass is 385 g/mol. The number of aromatic nitrogens is 3. The van der Waals surface area contributed by atoms with Crippen molar-refractivity contribution in [3.8, 4) is 0 Å². The molecule has 3 N–H and O–H groups in total. The number of nitrogen functional groups attached to an aromatic ring is 1. The fourth-order valence-corrected chi connectivity index (χ4v) is 2.68. The van der Waals surface area contributed by atoms with Crippen molar-refractivity contribution >= 4 is 33.3 Å². The lowest BCUT2D eigenvalue weighted by molar-refractivity contribution is 0.102. The van der Waals surface area contributed by atoms with Crippen molar-refractivity contribution in [2.45, 2.75) is 13.5 Å². The van der Waals surface area contributed by atoms with Crippen molar-refractivity contribution < 1.29 is 4.79 Å². The summed E-state index contributed by atoms with van der Waals surface area (Å²) < 4.78 is 2.47. The number of nitrogens with two attached hydrogens (primary N) is 1. The van der Waals surface area contributed by atoms with Gasteiger partial charge in [0.05, 0.1) is 6.54 Å². The molecule has 3 aromatic rings. The van der Waals surface area contributed by atoms with E-state index < -0.39 is 0 Å². The average molecular weight is 386 g/mol. The predicted molar refractivity (Wildman–Crippen MR) is 96.8 cm³/mol. The molecule has 0 atom stereocenters. The fraction of sp³-hybridized carbons (Fsp3) is 0.118. The topological polar surface area (TPSA) is 85.8 Å². The fourth-order valence-electron chi connectivity index (χ4n) is 2.23. The zero-order chi connectivity index (χ0) is 17.1. The van der Waals surface area contributed by atoms with Gasteiger partial charge in [-0.25, -0.2) is 4.68 Å².